The number of nitrogens with two attached hydrogens (primary N) is 1. The fraction of sp³-hybridized carbons (Fsp3) is 0.870. The zero-order chi connectivity index (χ0) is 48.8. The number of nitrogen functional groups attached to an aromatic ring is 1. The normalized spacial score (nSPS) is 20.2. The Morgan fingerprint density at radius 1 is 0.727 bits per heavy atom. The van der Waals surface area contributed by atoms with Gasteiger partial charge in [0.15, 0.2) is 12.3 Å². The van der Waals surface area contributed by atoms with Crippen LogP contribution in [0.5, 0.6) is 0 Å². The first kappa shape index (κ1) is 59.9. The summed E-state index contributed by atoms with van der Waals surface area (Å²) >= 11 is 0. The zero-order valence-electron chi connectivity index (χ0n) is 40.3. The Bertz CT molecular complexity index is 1640. The molecule has 20 heteroatoms. The fourth-order valence-electron chi connectivity index (χ4n) is 7.65. The lowest BCUT2D eigenvalue weighted by atomic mass is 9.99. The molecular weight excluding hydrogens is 896 g/mol. The smallest absolute Gasteiger partial charge is 0.462 e. The number of phosphoric ester groups is 2. The van der Waals surface area contributed by atoms with Crippen LogP contribution in [0.3, 0.4) is 0 Å². The molecule has 2 heterocycles. The van der Waals surface area contributed by atoms with Crippen molar-refractivity contribution in [1.82, 2.24) is 9.55 Å². The summed E-state index contributed by atoms with van der Waals surface area (Å²) in [4.78, 5) is 61.8. The van der Waals surface area contributed by atoms with Crippen molar-refractivity contribution in [2.24, 2.45) is 11.8 Å². The van der Waals surface area contributed by atoms with Gasteiger partial charge < -0.3 is 39.9 Å². The molecule has 0 bridgehead atoms. The Morgan fingerprint density at radius 2 is 1.21 bits per heavy atom. The SMILES string of the molecule is CCC(C)CCCCCCCCCCCCC(=O)O[C@H](COC(=O)CCCCCCCCCCCCCC(C)C)COP(=O)(O)OP(=O)(O)OC[C@H]1O[C@@H](n2ccc(N)nc2=O)C(O)[C@H]1O. The van der Waals surface area contributed by atoms with Crippen LogP contribution in [-0.2, 0) is 46.3 Å². The number of rotatable bonds is 40. The topological polar surface area (TPSA) is 265 Å². The van der Waals surface area contributed by atoms with E-state index in [0.29, 0.717) is 12.8 Å². The lowest BCUT2D eigenvalue weighted by molar-refractivity contribution is -0.161. The molecule has 0 spiro atoms. The summed E-state index contributed by atoms with van der Waals surface area (Å²) in [6.45, 7) is 6.78. The van der Waals surface area contributed by atoms with Crippen LogP contribution in [0.15, 0.2) is 17.1 Å². The summed E-state index contributed by atoms with van der Waals surface area (Å²) in [5.41, 5.74) is 4.59. The summed E-state index contributed by atoms with van der Waals surface area (Å²) in [6, 6.07) is 1.25. The van der Waals surface area contributed by atoms with Crippen LogP contribution in [0.2, 0.25) is 0 Å². The molecule has 384 valence electrons. The molecule has 8 atom stereocenters. The molecule has 1 aliphatic heterocycles. The van der Waals surface area contributed by atoms with E-state index >= 15 is 0 Å². The highest BCUT2D eigenvalue weighted by Gasteiger charge is 2.46. The maximum atomic E-state index is 12.8. The van der Waals surface area contributed by atoms with Gasteiger partial charge in [-0.15, -0.1) is 0 Å². The second kappa shape index (κ2) is 34.1. The predicted molar refractivity (Wildman–Crippen MR) is 252 cm³/mol. The lowest BCUT2D eigenvalue weighted by Gasteiger charge is -2.21. The van der Waals surface area contributed by atoms with Crippen molar-refractivity contribution in [1.29, 1.82) is 0 Å². The second-order valence-corrected chi connectivity index (χ2v) is 21.4. The number of esters is 2. The lowest BCUT2D eigenvalue weighted by Crippen LogP contribution is -2.36. The molecule has 0 aliphatic carbocycles. The molecule has 66 heavy (non-hydrogen) atoms. The van der Waals surface area contributed by atoms with Crippen molar-refractivity contribution in [3.8, 4) is 0 Å². The number of hydrogen-bond acceptors (Lipinski definition) is 15. The van der Waals surface area contributed by atoms with Gasteiger partial charge in [0.05, 0.1) is 13.2 Å². The van der Waals surface area contributed by atoms with Crippen molar-refractivity contribution in [3.05, 3.63) is 22.7 Å². The number of aliphatic hydroxyl groups excluding tert-OH is 2. The van der Waals surface area contributed by atoms with E-state index in [9.17, 15) is 43.5 Å². The minimum atomic E-state index is -5.42. The largest absolute Gasteiger partial charge is 0.481 e. The Kier molecular flexibility index (Phi) is 31.0. The van der Waals surface area contributed by atoms with Crippen molar-refractivity contribution in [2.45, 2.75) is 225 Å². The number of carbonyl (C=O) groups is 2. The van der Waals surface area contributed by atoms with E-state index in [1.165, 1.54) is 102 Å². The van der Waals surface area contributed by atoms with Gasteiger partial charge in [-0.05, 0) is 30.7 Å². The third-order valence-corrected chi connectivity index (χ3v) is 14.5. The Labute approximate surface area is 393 Å². The maximum Gasteiger partial charge on any atom is 0.481 e. The molecule has 1 fully saturated rings. The van der Waals surface area contributed by atoms with Gasteiger partial charge in [-0.25, -0.2) is 13.9 Å². The van der Waals surface area contributed by atoms with Crippen LogP contribution in [0, 0.1) is 11.8 Å². The number of carbonyl (C=O) groups excluding carboxylic acids is 2. The molecule has 1 aromatic heterocycles. The number of ether oxygens (including phenoxy) is 3. The standard InChI is InChI=1S/C46H85N3O15P2/c1-5-37(4)28-24-20-16-12-9-10-14-18-22-26-30-42(51)62-38(33-59-41(50)29-25-21-17-13-8-6-7-11-15-19-23-27-36(2)3)34-60-65(55,56)64-66(57,58)61-35-39-43(52)44(53)45(63-39)49-32-31-40(47)48-46(49)54/h31-32,36-39,43-45,52-53H,5-30,33-35H2,1-4H3,(H,55,56)(H,57,58)(H2,47,48,54)/t37?,38-,39-,43+,44?,45-/m1/s1. The minimum Gasteiger partial charge on any atom is -0.462 e. The summed E-state index contributed by atoms with van der Waals surface area (Å²) < 4.78 is 56.7. The van der Waals surface area contributed by atoms with Gasteiger partial charge in [-0.3, -0.25) is 23.2 Å². The second-order valence-electron chi connectivity index (χ2n) is 18.4. The van der Waals surface area contributed by atoms with Gasteiger partial charge >= 0.3 is 33.3 Å². The molecule has 0 radical (unpaired) electrons. The van der Waals surface area contributed by atoms with E-state index in [1.807, 2.05) is 0 Å². The first-order valence-corrected chi connectivity index (χ1v) is 27.8. The molecule has 0 aromatic carbocycles. The maximum absolute atomic E-state index is 12.8. The summed E-state index contributed by atoms with van der Waals surface area (Å²) in [6.07, 6.45) is 20.6. The first-order chi connectivity index (χ1) is 31.4. The molecule has 1 aliphatic rings. The minimum absolute atomic E-state index is 0.0556. The molecule has 1 saturated heterocycles. The summed E-state index contributed by atoms with van der Waals surface area (Å²) in [5.74, 6) is 0.286. The third-order valence-electron chi connectivity index (χ3n) is 11.9. The quantitative estimate of drug-likeness (QED) is 0.0233. The van der Waals surface area contributed by atoms with Crippen LogP contribution in [0.1, 0.15) is 201 Å². The van der Waals surface area contributed by atoms with E-state index in [4.69, 9.17) is 29.0 Å². The average molecular weight is 982 g/mol. The van der Waals surface area contributed by atoms with Gasteiger partial charge in [0, 0.05) is 19.0 Å². The molecular formula is C46H85N3O15P2. The molecule has 4 unspecified atom stereocenters. The van der Waals surface area contributed by atoms with E-state index in [0.717, 1.165) is 67.8 Å². The number of anilines is 1. The molecule has 0 amide bonds. The molecule has 6 N–H and O–H groups in total. The molecule has 0 saturated carbocycles. The van der Waals surface area contributed by atoms with Gasteiger partial charge in [0.2, 0.25) is 0 Å². The Hall–Kier alpha value is -2.24. The highest BCUT2D eigenvalue weighted by atomic mass is 31.3. The van der Waals surface area contributed by atoms with Crippen LogP contribution < -0.4 is 11.4 Å². The number of hydrogen-bond donors (Lipinski definition) is 5. The van der Waals surface area contributed by atoms with Crippen LogP contribution in [-0.4, -0.2) is 85.7 Å². The Morgan fingerprint density at radius 3 is 1.73 bits per heavy atom. The highest BCUT2D eigenvalue weighted by Crippen LogP contribution is 2.60. The number of aliphatic hydroxyl groups is 2. The average Bonchev–Trinajstić information content (AvgIpc) is 3.53. The van der Waals surface area contributed by atoms with E-state index < -0.39 is 83.7 Å². The molecule has 18 nitrogen and oxygen atoms in total. The van der Waals surface area contributed by atoms with Gasteiger partial charge in [0.25, 0.3) is 0 Å². The third kappa shape index (κ3) is 27.7. The zero-order valence-corrected chi connectivity index (χ0v) is 42.1. The fourth-order valence-corrected chi connectivity index (χ4v) is 9.76. The van der Waals surface area contributed by atoms with Crippen molar-refractivity contribution in [3.63, 3.8) is 0 Å². The van der Waals surface area contributed by atoms with E-state index in [2.05, 4.69) is 37.0 Å². The van der Waals surface area contributed by atoms with Crippen LogP contribution in [0.25, 0.3) is 0 Å². The first-order valence-electron chi connectivity index (χ1n) is 24.8. The number of nitrogens with zero attached hydrogens (tertiary/aromatic N) is 2. The van der Waals surface area contributed by atoms with Crippen molar-refractivity contribution in [2.75, 3.05) is 25.6 Å². The number of unbranched alkanes of at least 4 members (excludes halogenated alkanes) is 19. The monoisotopic (exact) mass is 982 g/mol. The van der Waals surface area contributed by atoms with Crippen LogP contribution >= 0.6 is 15.6 Å². The van der Waals surface area contributed by atoms with Crippen molar-refractivity contribution >= 4 is 33.4 Å². The predicted octanol–water partition coefficient (Wildman–Crippen LogP) is 9.60. The molecule has 2 rings (SSSR count). The molecule has 1 aromatic rings. The van der Waals surface area contributed by atoms with Crippen molar-refractivity contribution < 1.29 is 66.3 Å². The number of phosphoric acid groups is 2. The van der Waals surface area contributed by atoms with Gasteiger partial charge in [-0.1, -0.05) is 169 Å². The number of aromatic nitrogens is 2. The van der Waals surface area contributed by atoms with Gasteiger partial charge in [0.1, 0.15) is 30.7 Å². The van der Waals surface area contributed by atoms with Gasteiger partial charge in [-0.2, -0.15) is 9.29 Å². The summed E-state index contributed by atoms with van der Waals surface area (Å²) in [7, 11) is -10.8. The van der Waals surface area contributed by atoms with E-state index in [1.54, 1.807) is 0 Å². The highest BCUT2D eigenvalue weighted by molar-refractivity contribution is 7.61. The van der Waals surface area contributed by atoms with E-state index in [-0.39, 0.29) is 18.7 Å². The summed E-state index contributed by atoms with van der Waals surface area (Å²) in [5, 5.41) is 20.9. The van der Waals surface area contributed by atoms with Crippen LogP contribution in [0.4, 0.5) is 5.82 Å². The Balaban J connectivity index is 1.81.